The minimum Gasteiger partial charge on any atom is -0.466 e. The Morgan fingerprint density at radius 3 is 2.62 bits per heavy atom. The number of hydrogen-bond donors (Lipinski definition) is 1. The molecule has 144 valence electrons. The van der Waals surface area contributed by atoms with E-state index < -0.39 is 10.0 Å². The van der Waals surface area contributed by atoms with Crippen LogP contribution in [0.3, 0.4) is 0 Å². The number of likely N-dealkylation sites (tertiary alicyclic amines) is 1. The number of nitrogens with one attached hydrogen (secondary N) is 1. The number of sulfonamides is 1. The monoisotopic (exact) mass is 382 g/mol. The number of nitrogens with zero attached hydrogens (tertiary/aromatic N) is 1. The van der Waals surface area contributed by atoms with Crippen LogP contribution in [0.5, 0.6) is 0 Å². The Morgan fingerprint density at radius 1 is 1.31 bits per heavy atom. The molecule has 1 atom stereocenters. The fraction of sp³-hybridized carbons (Fsp3) is 0.556. The van der Waals surface area contributed by atoms with Crippen LogP contribution in [0.25, 0.3) is 0 Å². The highest BCUT2D eigenvalue weighted by Crippen LogP contribution is 2.24. The predicted octanol–water partition coefficient (Wildman–Crippen LogP) is 1.63. The highest BCUT2D eigenvalue weighted by Gasteiger charge is 2.30. The third-order valence-corrected chi connectivity index (χ3v) is 6.29. The van der Waals surface area contributed by atoms with Crippen LogP contribution < -0.4 is 4.72 Å². The molecule has 1 heterocycles. The van der Waals surface area contributed by atoms with E-state index in [-0.39, 0.29) is 22.7 Å². The SMILES string of the molecule is CCOC(=O)[C@@H]1CCCN(C(=O)c2cc(C)c(C)c(S(=O)(=O)NC)c2)C1. The molecule has 1 aliphatic rings. The number of carbonyl (C=O) groups excluding carboxylic acids is 2. The first kappa shape index (κ1) is 20.4. The normalized spacial score (nSPS) is 17.8. The molecule has 1 aromatic rings. The Kier molecular flexibility index (Phi) is 6.41. The summed E-state index contributed by atoms with van der Waals surface area (Å²) in [5.74, 6) is -0.891. The van der Waals surface area contributed by atoms with Crippen LogP contribution >= 0.6 is 0 Å². The molecule has 0 radical (unpaired) electrons. The van der Waals surface area contributed by atoms with Crippen molar-refractivity contribution >= 4 is 21.9 Å². The van der Waals surface area contributed by atoms with Gasteiger partial charge in [-0.25, -0.2) is 13.1 Å². The molecule has 1 N–H and O–H groups in total. The Balaban J connectivity index is 2.31. The van der Waals surface area contributed by atoms with Gasteiger partial charge in [-0.3, -0.25) is 9.59 Å². The number of rotatable bonds is 5. The van der Waals surface area contributed by atoms with Crippen LogP contribution in [0.15, 0.2) is 17.0 Å². The van der Waals surface area contributed by atoms with Crippen molar-refractivity contribution in [3.05, 3.63) is 28.8 Å². The summed E-state index contributed by atoms with van der Waals surface area (Å²) in [6, 6.07) is 3.10. The third kappa shape index (κ3) is 4.24. The predicted molar refractivity (Wildman–Crippen MR) is 97.4 cm³/mol. The molecule has 1 saturated heterocycles. The lowest BCUT2D eigenvalue weighted by Crippen LogP contribution is -2.43. The zero-order valence-electron chi connectivity index (χ0n) is 15.7. The molecule has 1 fully saturated rings. The maximum atomic E-state index is 12.9. The fourth-order valence-corrected chi connectivity index (χ4v) is 4.20. The van der Waals surface area contributed by atoms with Gasteiger partial charge in [0.15, 0.2) is 0 Å². The Bertz CT molecular complexity index is 804. The maximum Gasteiger partial charge on any atom is 0.310 e. The lowest BCUT2D eigenvalue weighted by molar-refractivity contribution is -0.149. The number of hydrogen-bond acceptors (Lipinski definition) is 5. The molecule has 0 aromatic heterocycles. The van der Waals surface area contributed by atoms with E-state index in [9.17, 15) is 18.0 Å². The third-order valence-electron chi connectivity index (χ3n) is 4.75. The molecule has 0 bridgehead atoms. The van der Waals surface area contributed by atoms with Gasteiger partial charge in [0, 0.05) is 18.7 Å². The summed E-state index contributed by atoms with van der Waals surface area (Å²) in [7, 11) is -2.32. The van der Waals surface area contributed by atoms with E-state index in [1.165, 1.54) is 13.1 Å². The zero-order valence-corrected chi connectivity index (χ0v) is 16.5. The van der Waals surface area contributed by atoms with Crippen LogP contribution in [0, 0.1) is 19.8 Å². The number of carbonyl (C=O) groups is 2. The van der Waals surface area contributed by atoms with Gasteiger partial charge in [-0.15, -0.1) is 0 Å². The van der Waals surface area contributed by atoms with Crippen LogP contribution in [-0.4, -0.2) is 51.9 Å². The van der Waals surface area contributed by atoms with Gasteiger partial charge in [-0.2, -0.15) is 0 Å². The quantitative estimate of drug-likeness (QED) is 0.782. The molecule has 1 amide bonds. The highest BCUT2D eigenvalue weighted by molar-refractivity contribution is 7.89. The van der Waals surface area contributed by atoms with E-state index in [1.807, 2.05) is 0 Å². The molecule has 26 heavy (non-hydrogen) atoms. The van der Waals surface area contributed by atoms with Gasteiger partial charge in [0.05, 0.1) is 17.4 Å². The molecule has 0 saturated carbocycles. The van der Waals surface area contributed by atoms with E-state index in [4.69, 9.17) is 4.74 Å². The average Bonchev–Trinajstić information content (AvgIpc) is 2.63. The van der Waals surface area contributed by atoms with E-state index in [0.717, 1.165) is 5.56 Å². The summed E-state index contributed by atoms with van der Waals surface area (Å²) in [4.78, 5) is 26.6. The van der Waals surface area contributed by atoms with E-state index in [1.54, 1.807) is 31.7 Å². The fourth-order valence-electron chi connectivity index (χ4n) is 3.14. The molecule has 2 rings (SSSR count). The van der Waals surface area contributed by atoms with E-state index in [0.29, 0.717) is 43.7 Å². The van der Waals surface area contributed by atoms with Crippen LogP contribution in [0.1, 0.15) is 41.3 Å². The van der Waals surface area contributed by atoms with Crippen LogP contribution in [0.2, 0.25) is 0 Å². The van der Waals surface area contributed by atoms with Crippen molar-refractivity contribution in [1.29, 1.82) is 0 Å². The standard InChI is InChI=1S/C18H26N2O5S/c1-5-25-18(22)14-7-6-8-20(11-14)17(21)15-9-12(2)13(3)16(10-15)26(23,24)19-4/h9-10,14,19H,5-8,11H2,1-4H3/t14-/m1/s1. The lowest BCUT2D eigenvalue weighted by Gasteiger charge is -2.31. The summed E-state index contributed by atoms with van der Waals surface area (Å²) >= 11 is 0. The second-order valence-electron chi connectivity index (χ2n) is 6.47. The second-order valence-corrected chi connectivity index (χ2v) is 8.32. The molecular weight excluding hydrogens is 356 g/mol. The summed E-state index contributed by atoms with van der Waals surface area (Å²) in [5, 5.41) is 0. The van der Waals surface area contributed by atoms with Crippen molar-refractivity contribution in [2.24, 2.45) is 5.92 Å². The smallest absolute Gasteiger partial charge is 0.310 e. The first-order chi connectivity index (χ1) is 12.2. The number of piperidine rings is 1. The molecule has 7 nitrogen and oxygen atoms in total. The second kappa shape index (κ2) is 8.18. The number of amides is 1. The van der Waals surface area contributed by atoms with E-state index in [2.05, 4.69) is 4.72 Å². The summed E-state index contributed by atoms with van der Waals surface area (Å²) in [6.45, 7) is 6.38. The number of aryl methyl sites for hydroxylation is 1. The zero-order chi connectivity index (χ0) is 19.5. The van der Waals surface area contributed by atoms with Gasteiger partial charge in [-0.1, -0.05) is 0 Å². The van der Waals surface area contributed by atoms with Crippen molar-refractivity contribution in [3.63, 3.8) is 0 Å². The number of benzene rings is 1. The molecule has 1 aromatic carbocycles. The van der Waals surface area contributed by atoms with E-state index >= 15 is 0 Å². The minimum atomic E-state index is -3.66. The van der Waals surface area contributed by atoms with Crippen LogP contribution in [-0.2, 0) is 19.6 Å². The highest BCUT2D eigenvalue weighted by atomic mass is 32.2. The van der Waals surface area contributed by atoms with Gasteiger partial charge in [-0.05, 0) is 63.9 Å². The molecule has 0 unspecified atom stereocenters. The molecule has 1 aliphatic heterocycles. The molecule has 0 aliphatic carbocycles. The first-order valence-corrected chi connectivity index (χ1v) is 10.2. The average molecular weight is 382 g/mol. The number of esters is 1. The summed E-state index contributed by atoms with van der Waals surface area (Å²) in [5.41, 5.74) is 1.65. The van der Waals surface area contributed by atoms with Crippen molar-refractivity contribution in [1.82, 2.24) is 9.62 Å². The summed E-state index contributed by atoms with van der Waals surface area (Å²) in [6.07, 6.45) is 1.40. The van der Waals surface area contributed by atoms with Gasteiger partial charge in [0.25, 0.3) is 5.91 Å². The molecular formula is C18H26N2O5S. The molecule has 0 spiro atoms. The first-order valence-electron chi connectivity index (χ1n) is 8.72. The van der Waals surface area contributed by atoms with Crippen molar-refractivity contribution < 1.29 is 22.7 Å². The molecule has 8 heteroatoms. The Morgan fingerprint density at radius 2 is 2.00 bits per heavy atom. The largest absolute Gasteiger partial charge is 0.466 e. The summed E-state index contributed by atoms with van der Waals surface area (Å²) < 4.78 is 31.8. The van der Waals surface area contributed by atoms with Crippen molar-refractivity contribution in [3.8, 4) is 0 Å². The van der Waals surface area contributed by atoms with Gasteiger partial charge >= 0.3 is 5.97 Å². The Labute approximate surface area is 154 Å². The van der Waals surface area contributed by atoms with Crippen molar-refractivity contribution in [2.75, 3.05) is 26.7 Å². The van der Waals surface area contributed by atoms with Crippen molar-refractivity contribution in [2.45, 2.75) is 38.5 Å². The van der Waals surface area contributed by atoms with Gasteiger partial charge in [0.1, 0.15) is 0 Å². The minimum absolute atomic E-state index is 0.0994. The number of ether oxygens (including phenoxy) is 1. The van der Waals surface area contributed by atoms with Gasteiger partial charge < -0.3 is 9.64 Å². The topological polar surface area (TPSA) is 92.8 Å². The lowest BCUT2D eigenvalue weighted by atomic mass is 9.97. The Hall–Kier alpha value is -1.93. The van der Waals surface area contributed by atoms with Crippen LogP contribution in [0.4, 0.5) is 0 Å². The van der Waals surface area contributed by atoms with Gasteiger partial charge in [0.2, 0.25) is 10.0 Å². The maximum absolute atomic E-state index is 12.9.